The first-order valence-corrected chi connectivity index (χ1v) is 7.88. The van der Waals surface area contributed by atoms with Crippen LogP contribution in [0.1, 0.15) is 23.0 Å². The van der Waals surface area contributed by atoms with Gasteiger partial charge in [-0.1, -0.05) is 22.9 Å². The van der Waals surface area contributed by atoms with E-state index in [-0.39, 0.29) is 24.1 Å². The number of carbonyl (C=O) groups excluding carboxylic acids is 1. The molecule has 0 saturated carbocycles. The molecule has 1 saturated heterocycles. The number of amides is 1. The van der Waals surface area contributed by atoms with Crippen LogP contribution in [0.25, 0.3) is 11.0 Å². The van der Waals surface area contributed by atoms with Crippen LogP contribution in [0.15, 0.2) is 27.1 Å². The Labute approximate surface area is 136 Å². The summed E-state index contributed by atoms with van der Waals surface area (Å²) >= 11 is 3.43. The Hall–Kier alpha value is -1.82. The summed E-state index contributed by atoms with van der Waals surface area (Å²) < 4.78 is 6.63. The second-order valence-corrected chi connectivity index (χ2v) is 6.80. The summed E-state index contributed by atoms with van der Waals surface area (Å²) in [4.78, 5) is 25.3. The summed E-state index contributed by atoms with van der Waals surface area (Å²) in [6, 6.07) is 5.54. The third kappa shape index (κ3) is 2.52. The van der Waals surface area contributed by atoms with Crippen LogP contribution in [-0.4, -0.2) is 35.0 Å². The molecule has 1 aromatic heterocycles. The van der Waals surface area contributed by atoms with Gasteiger partial charge in [0.05, 0.1) is 5.92 Å². The second kappa shape index (κ2) is 5.43. The van der Waals surface area contributed by atoms with Crippen LogP contribution in [-0.2, 0) is 4.79 Å². The lowest BCUT2D eigenvalue weighted by Crippen LogP contribution is -2.29. The first-order chi connectivity index (χ1) is 10.4. The number of benzene rings is 1. The van der Waals surface area contributed by atoms with Crippen molar-refractivity contribution in [2.45, 2.75) is 13.8 Å². The van der Waals surface area contributed by atoms with Gasteiger partial charge in [-0.3, -0.25) is 9.59 Å². The van der Waals surface area contributed by atoms with Crippen molar-refractivity contribution < 1.29 is 19.1 Å². The van der Waals surface area contributed by atoms with E-state index in [1.807, 2.05) is 26.0 Å². The van der Waals surface area contributed by atoms with E-state index < -0.39 is 11.9 Å². The highest BCUT2D eigenvalue weighted by Gasteiger charge is 2.38. The molecule has 1 aliphatic rings. The van der Waals surface area contributed by atoms with E-state index in [0.717, 1.165) is 15.4 Å². The number of aryl methyl sites for hydroxylation is 1. The predicted octanol–water partition coefficient (Wildman–Crippen LogP) is 3.30. The predicted molar refractivity (Wildman–Crippen MR) is 84.8 cm³/mol. The number of halogens is 1. The van der Waals surface area contributed by atoms with Crippen LogP contribution in [0.3, 0.4) is 0 Å². The lowest BCUT2D eigenvalue weighted by molar-refractivity contribution is -0.142. The molecular formula is C16H16BrNO4. The van der Waals surface area contributed by atoms with E-state index in [2.05, 4.69) is 15.9 Å². The number of carboxylic acid groups (broad SMARTS) is 1. The molecule has 116 valence electrons. The van der Waals surface area contributed by atoms with Crippen LogP contribution < -0.4 is 0 Å². The lowest BCUT2D eigenvalue weighted by atomic mass is 9.99. The van der Waals surface area contributed by atoms with E-state index in [1.165, 1.54) is 0 Å². The van der Waals surface area contributed by atoms with Crippen LogP contribution in [0.5, 0.6) is 0 Å². The number of hydrogen-bond donors (Lipinski definition) is 1. The quantitative estimate of drug-likeness (QED) is 0.886. The molecule has 1 aromatic carbocycles. The minimum absolute atomic E-state index is 0.0540. The van der Waals surface area contributed by atoms with Crippen molar-refractivity contribution in [2.75, 3.05) is 13.1 Å². The molecule has 2 aromatic rings. The van der Waals surface area contributed by atoms with Gasteiger partial charge in [-0.15, -0.1) is 0 Å². The molecule has 1 fully saturated rings. The number of carboxylic acids is 1. The van der Waals surface area contributed by atoms with Crippen molar-refractivity contribution in [3.63, 3.8) is 0 Å². The Kier molecular flexibility index (Phi) is 3.72. The van der Waals surface area contributed by atoms with Gasteiger partial charge >= 0.3 is 5.97 Å². The van der Waals surface area contributed by atoms with Crippen molar-refractivity contribution in [3.8, 4) is 0 Å². The Morgan fingerprint density at radius 2 is 2.05 bits per heavy atom. The van der Waals surface area contributed by atoms with Gasteiger partial charge < -0.3 is 14.4 Å². The second-order valence-electron chi connectivity index (χ2n) is 5.88. The highest BCUT2D eigenvalue weighted by Crippen LogP contribution is 2.29. The molecular weight excluding hydrogens is 350 g/mol. The number of hydrogen-bond acceptors (Lipinski definition) is 3. The fraction of sp³-hybridized carbons (Fsp3) is 0.375. The fourth-order valence-electron chi connectivity index (χ4n) is 3.00. The van der Waals surface area contributed by atoms with Crippen molar-refractivity contribution in [2.24, 2.45) is 11.8 Å². The standard InChI is InChI=1S/C16H16BrNO4/c1-8-3-11(17)4-10-5-13(22-14(8)10)15(19)18-6-9(2)12(7-18)16(20)21/h3-5,9,12H,6-7H2,1-2H3,(H,20,21)/t9-,12-/m1/s1. The maximum absolute atomic E-state index is 12.6. The monoisotopic (exact) mass is 365 g/mol. The number of likely N-dealkylation sites (tertiary alicyclic amines) is 1. The van der Waals surface area contributed by atoms with Gasteiger partial charge in [0, 0.05) is 22.9 Å². The summed E-state index contributed by atoms with van der Waals surface area (Å²) in [5, 5.41) is 10.0. The van der Waals surface area contributed by atoms with Crippen molar-refractivity contribution >= 4 is 38.8 Å². The van der Waals surface area contributed by atoms with Crippen LogP contribution >= 0.6 is 15.9 Å². The number of aliphatic carboxylic acids is 1. The first-order valence-electron chi connectivity index (χ1n) is 7.08. The number of fused-ring (bicyclic) bond motifs is 1. The zero-order valence-corrected chi connectivity index (χ0v) is 13.9. The molecule has 0 aliphatic carbocycles. The fourth-order valence-corrected chi connectivity index (χ4v) is 3.59. The maximum atomic E-state index is 12.6. The molecule has 5 nitrogen and oxygen atoms in total. The summed E-state index contributed by atoms with van der Waals surface area (Å²) in [5.41, 5.74) is 1.63. The van der Waals surface area contributed by atoms with Gasteiger partial charge in [0.25, 0.3) is 5.91 Å². The Morgan fingerprint density at radius 1 is 1.32 bits per heavy atom. The largest absolute Gasteiger partial charge is 0.481 e. The van der Waals surface area contributed by atoms with E-state index in [4.69, 9.17) is 9.52 Å². The Balaban J connectivity index is 1.90. The minimum Gasteiger partial charge on any atom is -0.481 e. The third-order valence-electron chi connectivity index (χ3n) is 4.19. The first kappa shape index (κ1) is 15.1. The number of carbonyl (C=O) groups is 2. The van der Waals surface area contributed by atoms with Crippen LogP contribution in [0.2, 0.25) is 0 Å². The van der Waals surface area contributed by atoms with Crippen molar-refractivity contribution in [3.05, 3.63) is 34.0 Å². The summed E-state index contributed by atoms with van der Waals surface area (Å²) in [5.74, 6) is -1.41. The maximum Gasteiger partial charge on any atom is 0.308 e. The smallest absolute Gasteiger partial charge is 0.308 e. The van der Waals surface area contributed by atoms with E-state index in [1.54, 1.807) is 11.0 Å². The van der Waals surface area contributed by atoms with Gasteiger partial charge in [-0.25, -0.2) is 0 Å². The topological polar surface area (TPSA) is 70.8 Å². The molecule has 3 rings (SSSR count). The molecule has 0 bridgehead atoms. The zero-order valence-electron chi connectivity index (χ0n) is 12.3. The van der Waals surface area contributed by atoms with Crippen LogP contribution in [0, 0.1) is 18.8 Å². The van der Waals surface area contributed by atoms with Gasteiger partial charge in [0.15, 0.2) is 5.76 Å². The highest BCUT2D eigenvalue weighted by molar-refractivity contribution is 9.10. The number of rotatable bonds is 2. The van der Waals surface area contributed by atoms with Gasteiger partial charge in [-0.2, -0.15) is 0 Å². The molecule has 0 unspecified atom stereocenters. The van der Waals surface area contributed by atoms with Crippen molar-refractivity contribution in [1.29, 1.82) is 0 Å². The Bertz CT molecular complexity index is 767. The third-order valence-corrected chi connectivity index (χ3v) is 4.65. The molecule has 6 heteroatoms. The van der Waals surface area contributed by atoms with Gasteiger partial charge in [0.2, 0.25) is 0 Å². The lowest BCUT2D eigenvalue weighted by Gasteiger charge is -2.13. The Morgan fingerprint density at radius 3 is 2.68 bits per heavy atom. The zero-order chi connectivity index (χ0) is 16.0. The van der Waals surface area contributed by atoms with Crippen molar-refractivity contribution in [1.82, 2.24) is 4.90 Å². The molecule has 2 atom stereocenters. The van der Waals surface area contributed by atoms with Gasteiger partial charge in [0.1, 0.15) is 5.58 Å². The van der Waals surface area contributed by atoms with Crippen LogP contribution in [0.4, 0.5) is 0 Å². The average molecular weight is 366 g/mol. The molecule has 1 aliphatic heterocycles. The molecule has 22 heavy (non-hydrogen) atoms. The molecule has 0 spiro atoms. The highest BCUT2D eigenvalue weighted by atomic mass is 79.9. The summed E-state index contributed by atoms with van der Waals surface area (Å²) in [6.45, 7) is 4.44. The summed E-state index contributed by atoms with van der Waals surface area (Å²) in [6.07, 6.45) is 0. The normalized spacial score (nSPS) is 21.5. The van der Waals surface area contributed by atoms with Gasteiger partial charge in [-0.05, 0) is 36.6 Å². The van der Waals surface area contributed by atoms with E-state index >= 15 is 0 Å². The van der Waals surface area contributed by atoms with E-state index in [0.29, 0.717) is 12.1 Å². The van der Waals surface area contributed by atoms with E-state index in [9.17, 15) is 9.59 Å². The molecule has 0 radical (unpaired) electrons. The average Bonchev–Trinajstić information content (AvgIpc) is 3.01. The molecule has 1 amide bonds. The number of furan rings is 1. The molecule has 1 N–H and O–H groups in total. The minimum atomic E-state index is -0.854. The molecule has 2 heterocycles. The SMILES string of the molecule is Cc1cc(Br)cc2cc(C(=O)N3C[C@@H](C)[C@H](C(=O)O)C3)oc12. The summed E-state index contributed by atoms with van der Waals surface area (Å²) in [7, 11) is 0. The number of nitrogens with zero attached hydrogens (tertiary/aromatic N) is 1.